The normalized spacial score (nSPS) is 31.7. The molecular weight excluding hydrogens is 480 g/mol. The summed E-state index contributed by atoms with van der Waals surface area (Å²) < 4.78 is 32.9. The fourth-order valence-electron chi connectivity index (χ4n) is 5.92. The monoisotopic (exact) mass is 514 g/mol. The van der Waals surface area contributed by atoms with Gasteiger partial charge in [0.05, 0.1) is 6.04 Å². The van der Waals surface area contributed by atoms with Gasteiger partial charge in [0.25, 0.3) is 10.1 Å². The van der Waals surface area contributed by atoms with Crippen molar-refractivity contribution in [2.45, 2.75) is 70.0 Å². The third kappa shape index (κ3) is 5.03. The molecule has 4 aliphatic rings. The smallest absolute Gasteiger partial charge is 0.294 e. The predicted octanol–water partition coefficient (Wildman–Crippen LogP) is -1.40. The first-order valence-corrected chi connectivity index (χ1v) is 13.5. The van der Waals surface area contributed by atoms with Crippen molar-refractivity contribution in [3.8, 4) is 0 Å². The number of aliphatic hydroxyl groups excluding tert-OH is 1. The second-order valence-corrected chi connectivity index (χ2v) is 12.5. The minimum absolute atomic E-state index is 0.00929. The molecule has 4 amide bonds. The van der Waals surface area contributed by atoms with Gasteiger partial charge in [-0.25, -0.2) is 0 Å². The largest absolute Gasteiger partial charge is 0.374 e. The Hall–Kier alpha value is -2.25. The molecule has 196 valence electrons. The molecule has 13 heteroatoms. The minimum atomic E-state index is -4.93. The van der Waals surface area contributed by atoms with Gasteiger partial charge in [0.2, 0.25) is 29.1 Å². The number of fused-ring (bicyclic) bond motifs is 1. The predicted molar refractivity (Wildman–Crippen MR) is 122 cm³/mol. The number of hydrogen-bond donors (Lipinski definition) is 5. The number of piperidine rings is 1. The van der Waals surface area contributed by atoms with Crippen LogP contribution in [0, 0.1) is 29.1 Å². The van der Waals surface area contributed by atoms with Crippen molar-refractivity contribution in [2.24, 2.45) is 29.1 Å². The van der Waals surface area contributed by atoms with E-state index < -0.39 is 45.5 Å². The molecule has 0 spiro atoms. The van der Waals surface area contributed by atoms with Gasteiger partial charge >= 0.3 is 0 Å². The lowest BCUT2D eigenvalue weighted by molar-refractivity contribution is -0.144. The number of aliphatic hydroxyl groups is 1. The van der Waals surface area contributed by atoms with E-state index >= 15 is 0 Å². The highest BCUT2D eigenvalue weighted by Crippen LogP contribution is 2.65. The summed E-state index contributed by atoms with van der Waals surface area (Å²) in [6.45, 7) is 6.03. The van der Waals surface area contributed by atoms with Crippen molar-refractivity contribution < 1.29 is 37.3 Å². The maximum absolute atomic E-state index is 13.5. The lowest BCUT2D eigenvalue weighted by atomic mass is 9.96. The van der Waals surface area contributed by atoms with E-state index in [4.69, 9.17) is 0 Å². The van der Waals surface area contributed by atoms with E-state index in [9.17, 15) is 37.3 Å². The summed E-state index contributed by atoms with van der Waals surface area (Å²) in [6, 6.07) is -3.10. The van der Waals surface area contributed by atoms with Crippen molar-refractivity contribution >= 4 is 33.7 Å². The Kier molecular flexibility index (Phi) is 6.64. The highest BCUT2D eigenvalue weighted by atomic mass is 32.2. The Balaban J connectivity index is 1.56. The van der Waals surface area contributed by atoms with Crippen LogP contribution in [0.3, 0.4) is 0 Å². The van der Waals surface area contributed by atoms with Gasteiger partial charge in [-0.2, -0.15) is 8.42 Å². The topological polar surface area (TPSA) is 182 Å². The number of nitrogens with zero attached hydrogens (tertiary/aromatic N) is 1. The minimum Gasteiger partial charge on any atom is -0.374 e. The lowest BCUT2D eigenvalue weighted by Crippen LogP contribution is -2.58. The zero-order chi connectivity index (χ0) is 25.9. The van der Waals surface area contributed by atoms with Crippen molar-refractivity contribution in [1.82, 2.24) is 20.9 Å². The van der Waals surface area contributed by atoms with Crippen LogP contribution >= 0.6 is 0 Å². The average molecular weight is 515 g/mol. The van der Waals surface area contributed by atoms with Gasteiger partial charge in [0.1, 0.15) is 12.1 Å². The van der Waals surface area contributed by atoms with Crippen molar-refractivity contribution in [3.63, 3.8) is 0 Å². The molecule has 0 radical (unpaired) electrons. The third-order valence-corrected chi connectivity index (χ3v) is 9.10. The lowest BCUT2D eigenvalue weighted by Gasteiger charge is -2.34. The molecule has 0 bridgehead atoms. The summed E-state index contributed by atoms with van der Waals surface area (Å²) in [5, 5.41) is 18.1. The molecule has 35 heavy (non-hydrogen) atoms. The standard InChI is InChI=1S/C22H34N4O8S/c1-10(27)24-16(11-4-5-11)20(30)26-9-13-15(22(13,2)3)17(26)19(29)25-14(21(31)35(32,33)34)8-12-6-7-23-18(12)28/h11-17,21,31H,4-9H2,1-3H3,(H,23,28)(H,24,27)(H,25,29)(H,32,33,34)/t12-,13-,14-,15-,16-,17-,21?/m0/s1. The Bertz CT molecular complexity index is 1030. The quantitative estimate of drug-likeness (QED) is 0.233. The molecule has 2 saturated carbocycles. The van der Waals surface area contributed by atoms with Crippen LogP contribution in [0.25, 0.3) is 0 Å². The highest BCUT2D eigenvalue weighted by molar-refractivity contribution is 7.86. The van der Waals surface area contributed by atoms with Gasteiger partial charge in [-0.3, -0.25) is 23.7 Å². The Labute approximate surface area is 204 Å². The van der Waals surface area contributed by atoms with Gasteiger partial charge in [-0.15, -0.1) is 0 Å². The molecule has 2 saturated heterocycles. The van der Waals surface area contributed by atoms with Crippen LogP contribution < -0.4 is 16.0 Å². The van der Waals surface area contributed by atoms with E-state index in [0.29, 0.717) is 19.5 Å². The van der Waals surface area contributed by atoms with E-state index in [1.54, 1.807) is 0 Å². The van der Waals surface area contributed by atoms with E-state index in [-0.39, 0.29) is 47.3 Å². The second-order valence-electron chi connectivity index (χ2n) is 10.9. The molecule has 4 rings (SSSR count). The van der Waals surface area contributed by atoms with Gasteiger partial charge in [0, 0.05) is 25.9 Å². The Morgan fingerprint density at radius 1 is 1.20 bits per heavy atom. The Morgan fingerprint density at radius 2 is 1.86 bits per heavy atom. The van der Waals surface area contributed by atoms with Gasteiger partial charge in [0.15, 0.2) is 0 Å². The van der Waals surface area contributed by atoms with Crippen molar-refractivity contribution in [3.05, 3.63) is 0 Å². The van der Waals surface area contributed by atoms with Crippen LogP contribution in [0.5, 0.6) is 0 Å². The summed E-state index contributed by atoms with van der Waals surface area (Å²) in [5.41, 5.74) is -2.54. The number of rotatable bonds is 9. The number of nitrogens with one attached hydrogen (secondary N) is 3. The summed E-state index contributed by atoms with van der Waals surface area (Å²) >= 11 is 0. The molecule has 7 atom stereocenters. The molecule has 5 N–H and O–H groups in total. The van der Waals surface area contributed by atoms with E-state index in [1.165, 1.54) is 11.8 Å². The number of carbonyl (C=O) groups excluding carboxylic acids is 4. The van der Waals surface area contributed by atoms with E-state index in [0.717, 1.165) is 12.8 Å². The van der Waals surface area contributed by atoms with Crippen molar-refractivity contribution in [1.29, 1.82) is 0 Å². The number of likely N-dealkylation sites (tertiary alicyclic amines) is 1. The Morgan fingerprint density at radius 3 is 2.37 bits per heavy atom. The van der Waals surface area contributed by atoms with Crippen LogP contribution in [0.4, 0.5) is 0 Å². The first kappa shape index (κ1) is 25.8. The SMILES string of the molecule is CC(=O)N[C@H](C(=O)N1C[C@H]2[C@@H]([C@H]1C(=O)N[C@@H](C[C@@H]1CCNC1=O)C(O)S(=O)(=O)O)C2(C)C)C1CC1. The van der Waals surface area contributed by atoms with E-state index in [1.807, 2.05) is 13.8 Å². The van der Waals surface area contributed by atoms with Crippen LogP contribution in [-0.4, -0.2) is 83.3 Å². The van der Waals surface area contributed by atoms with Crippen molar-refractivity contribution in [2.75, 3.05) is 13.1 Å². The third-order valence-electron chi connectivity index (χ3n) is 8.16. The first-order valence-electron chi connectivity index (χ1n) is 12.0. The molecule has 12 nitrogen and oxygen atoms in total. The molecule has 2 aliphatic carbocycles. The second kappa shape index (κ2) is 9.00. The number of carbonyl (C=O) groups is 4. The zero-order valence-electron chi connectivity index (χ0n) is 20.1. The zero-order valence-corrected chi connectivity index (χ0v) is 20.9. The molecule has 0 aromatic carbocycles. The number of hydrogen-bond acceptors (Lipinski definition) is 7. The van der Waals surface area contributed by atoms with Crippen LogP contribution in [0.15, 0.2) is 0 Å². The molecule has 1 unspecified atom stereocenters. The summed E-state index contributed by atoms with van der Waals surface area (Å²) in [7, 11) is -4.93. The molecule has 4 fully saturated rings. The molecule has 2 aliphatic heterocycles. The van der Waals surface area contributed by atoms with Crippen LogP contribution in [0.2, 0.25) is 0 Å². The van der Waals surface area contributed by atoms with Gasteiger partial charge < -0.3 is 26.0 Å². The molecule has 2 heterocycles. The fraction of sp³-hybridized carbons (Fsp3) is 0.818. The maximum Gasteiger partial charge on any atom is 0.294 e. The molecular formula is C22H34N4O8S. The summed E-state index contributed by atoms with van der Waals surface area (Å²) in [5.74, 6) is -2.42. The van der Waals surface area contributed by atoms with Crippen LogP contribution in [-0.2, 0) is 29.3 Å². The first-order chi connectivity index (χ1) is 16.2. The number of amides is 4. The summed E-state index contributed by atoms with van der Waals surface area (Å²) in [4.78, 5) is 52.2. The molecule has 0 aromatic rings. The van der Waals surface area contributed by atoms with Gasteiger partial charge in [-0.1, -0.05) is 13.8 Å². The van der Waals surface area contributed by atoms with Gasteiger partial charge in [-0.05, 0) is 48.9 Å². The summed E-state index contributed by atoms with van der Waals surface area (Å²) in [6.07, 6.45) is 1.81. The molecule has 0 aromatic heterocycles. The average Bonchev–Trinajstić information content (AvgIpc) is 3.55. The fourth-order valence-corrected chi connectivity index (χ4v) is 6.51. The van der Waals surface area contributed by atoms with Crippen LogP contribution in [0.1, 0.15) is 46.5 Å². The highest BCUT2D eigenvalue weighted by Gasteiger charge is 2.70. The van der Waals surface area contributed by atoms with E-state index in [2.05, 4.69) is 16.0 Å². The maximum atomic E-state index is 13.5.